The Labute approximate surface area is 227 Å². The smallest absolute Gasteiger partial charge is 0.417 e. The molecule has 0 bridgehead atoms. The highest BCUT2D eigenvalue weighted by atomic mass is 19.4. The van der Waals surface area contributed by atoms with Crippen LogP contribution in [0.4, 0.5) is 13.2 Å². The van der Waals surface area contributed by atoms with Gasteiger partial charge in [-0.3, -0.25) is 14.6 Å². The Morgan fingerprint density at radius 3 is 2.41 bits per heavy atom. The molecule has 2 N–H and O–H groups in total. The number of aliphatic hydroxyl groups excluding tert-OH is 2. The summed E-state index contributed by atoms with van der Waals surface area (Å²) in [5.41, 5.74) is -1.78. The van der Waals surface area contributed by atoms with E-state index in [1.165, 1.54) is 6.07 Å². The van der Waals surface area contributed by atoms with E-state index in [0.29, 0.717) is 24.8 Å². The minimum absolute atomic E-state index is 0.148. The molecule has 0 aliphatic carbocycles. The largest absolute Gasteiger partial charge is 0.458 e. The highest BCUT2D eigenvalue weighted by Crippen LogP contribution is 2.45. The second-order valence-electron chi connectivity index (χ2n) is 11.9. The quantitative estimate of drug-likeness (QED) is 0.385. The number of carbonyl (C=O) groups is 2. The van der Waals surface area contributed by atoms with E-state index in [1.54, 1.807) is 33.8 Å². The molecule has 0 aromatic carbocycles. The molecule has 2 aliphatic rings. The fourth-order valence-corrected chi connectivity index (χ4v) is 5.28. The van der Waals surface area contributed by atoms with Crippen LogP contribution in [0.3, 0.4) is 0 Å². The summed E-state index contributed by atoms with van der Waals surface area (Å²) < 4.78 is 50.5. The first kappa shape index (κ1) is 31.2. The van der Waals surface area contributed by atoms with Crippen LogP contribution in [-0.4, -0.2) is 57.0 Å². The van der Waals surface area contributed by atoms with E-state index in [9.17, 15) is 33.0 Å². The van der Waals surface area contributed by atoms with Crippen molar-refractivity contribution >= 4 is 17.8 Å². The van der Waals surface area contributed by atoms with Crippen molar-refractivity contribution in [1.82, 2.24) is 4.98 Å². The number of carbonyl (C=O) groups excluding carboxylic acids is 2. The molecule has 10 heteroatoms. The SMILES string of the molecule is C/C(=C\c1ccc(C(F)(F)F)cn1)[C@@H]1CC2O[C@]2(C)CCC[C@H](C)[C@H](O)[C@@H](C)C(=O)C(C)(C)[C@@H](O)CC(=O)O1. The minimum atomic E-state index is -4.50. The third-order valence-corrected chi connectivity index (χ3v) is 8.40. The van der Waals surface area contributed by atoms with Gasteiger partial charge in [0.25, 0.3) is 0 Å². The van der Waals surface area contributed by atoms with Crippen LogP contribution in [0.1, 0.15) is 84.9 Å². The molecular formula is C29H40F3NO6. The monoisotopic (exact) mass is 555 g/mol. The van der Waals surface area contributed by atoms with Gasteiger partial charge in [0.2, 0.25) is 0 Å². The first-order valence-electron chi connectivity index (χ1n) is 13.4. The summed E-state index contributed by atoms with van der Waals surface area (Å²) in [4.78, 5) is 30.1. The Hall–Kier alpha value is -2.30. The Morgan fingerprint density at radius 1 is 1.15 bits per heavy atom. The fourth-order valence-electron chi connectivity index (χ4n) is 5.28. The van der Waals surface area contributed by atoms with Crippen LogP contribution in [0.5, 0.6) is 0 Å². The van der Waals surface area contributed by atoms with Gasteiger partial charge >= 0.3 is 12.1 Å². The third kappa shape index (κ3) is 7.46. The van der Waals surface area contributed by atoms with Crippen molar-refractivity contribution in [3.05, 3.63) is 35.2 Å². The Balaban J connectivity index is 1.86. The molecule has 2 saturated heterocycles. The van der Waals surface area contributed by atoms with Crippen LogP contribution in [0.2, 0.25) is 0 Å². The van der Waals surface area contributed by atoms with Gasteiger partial charge in [-0.25, -0.2) is 0 Å². The van der Waals surface area contributed by atoms with E-state index in [0.717, 1.165) is 18.7 Å². The van der Waals surface area contributed by atoms with E-state index in [4.69, 9.17) is 9.47 Å². The van der Waals surface area contributed by atoms with Crippen LogP contribution in [-0.2, 0) is 25.2 Å². The number of aromatic nitrogens is 1. The maximum Gasteiger partial charge on any atom is 0.417 e. The summed E-state index contributed by atoms with van der Waals surface area (Å²) in [6.07, 6.45) is -3.38. The number of esters is 1. The van der Waals surface area contributed by atoms with Crippen molar-refractivity contribution in [2.45, 2.75) is 110 Å². The van der Waals surface area contributed by atoms with Gasteiger partial charge in [0.05, 0.1) is 47.0 Å². The maximum atomic E-state index is 13.2. The first-order valence-corrected chi connectivity index (χ1v) is 13.4. The van der Waals surface area contributed by atoms with Crippen molar-refractivity contribution < 1.29 is 42.4 Å². The summed E-state index contributed by atoms with van der Waals surface area (Å²) in [5, 5.41) is 21.7. The van der Waals surface area contributed by atoms with Gasteiger partial charge in [0.1, 0.15) is 11.9 Å². The number of ether oxygens (including phenoxy) is 2. The number of nitrogens with zero attached hydrogens (tertiary/aromatic N) is 1. The van der Waals surface area contributed by atoms with Crippen LogP contribution in [0.25, 0.3) is 6.08 Å². The molecule has 3 heterocycles. The molecule has 218 valence electrons. The van der Waals surface area contributed by atoms with Crippen molar-refractivity contribution in [3.63, 3.8) is 0 Å². The molecule has 1 aromatic heterocycles. The molecule has 0 spiro atoms. The lowest BCUT2D eigenvalue weighted by atomic mass is 9.73. The predicted octanol–water partition coefficient (Wildman–Crippen LogP) is 5.13. The zero-order valence-corrected chi connectivity index (χ0v) is 23.4. The molecule has 7 atom stereocenters. The number of rotatable bonds is 2. The minimum Gasteiger partial charge on any atom is -0.458 e. The topological polar surface area (TPSA) is 109 Å². The van der Waals surface area contributed by atoms with Crippen molar-refractivity contribution in [2.75, 3.05) is 0 Å². The molecule has 1 aromatic rings. The van der Waals surface area contributed by atoms with Crippen LogP contribution in [0.15, 0.2) is 23.9 Å². The van der Waals surface area contributed by atoms with E-state index >= 15 is 0 Å². The Kier molecular flexibility index (Phi) is 9.34. The van der Waals surface area contributed by atoms with Crippen LogP contribution in [0, 0.1) is 17.3 Å². The molecular weight excluding hydrogens is 515 g/mol. The lowest BCUT2D eigenvalue weighted by molar-refractivity contribution is -0.154. The lowest BCUT2D eigenvalue weighted by Crippen LogP contribution is -2.45. The standard InChI is InChI=1S/C29H40F3NO6/c1-16-8-7-11-28(6)23(39-28)13-21(17(2)12-20-10-9-19(15-33-20)29(30,31)32)38-24(35)14-22(34)27(4,5)26(37)18(3)25(16)36/h9-10,12,15-16,18,21-23,25,34,36H,7-8,11,13-14H2,1-6H3/b17-12+/t16-,18+,21-,22-,23?,25-,28+/m0/s1. The van der Waals surface area contributed by atoms with E-state index in [-0.39, 0.29) is 23.5 Å². The molecule has 2 fully saturated rings. The highest BCUT2D eigenvalue weighted by Gasteiger charge is 2.53. The zero-order valence-electron chi connectivity index (χ0n) is 23.4. The average molecular weight is 556 g/mol. The van der Waals surface area contributed by atoms with Crippen molar-refractivity contribution in [2.24, 2.45) is 17.3 Å². The third-order valence-electron chi connectivity index (χ3n) is 8.40. The molecule has 0 radical (unpaired) electrons. The van der Waals surface area contributed by atoms with Crippen LogP contribution >= 0.6 is 0 Å². The summed E-state index contributed by atoms with van der Waals surface area (Å²) in [6, 6.07) is 2.18. The predicted molar refractivity (Wildman–Crippen MR) is 138 cm³/mol. The summed E-state index contributed by atoms with van der Waals surface area (Å²) in [6.45, 7) is 10.3. The normalized spacial score (nSPS) is 35.2. The van der Waals surface area contributed by atoms with Gasteiger partial charge in [0, 0.05) is 18.5 Å². The summed E-state index contributed by atoms with van der Waals surface area (Å²) in [7, 11) is 0. The van der Waals surface area contributed by atoms with Crippen LogP contribution < -0.4 is 0 Å². The van der Waals surface area contributed by atoms with E-state index in [2.05, 4.69) is 4.98 Å². The molecule has 2 aliphatic heterocycles. The number of hydrogen-bond acceptors (Lipinski definition) is 7. The Morgan fingerprint density at radius 2 is 1.82 bits per heavy atom. The van der Waals surface area contributed by atoms with Gasteiger partial charge in [0.15, 0.2) is 0 Å². The number of aliphatic hydroxyl groups is 2. The summed E-state index contributed by atoms with van der Waals surface area (Å²) in [5.74, 6) is -1.95. The van der Waals surface area contributed by atoms with Gasteiger partial charge < -0.3 is 19.7 Å². The number of hydrogen-bond donors (Lipinski definition) is 2. The number of epoxide rings is 1. The number of cyclic esters (lactones) is 1. The summed E-state index contributed by atoms with van der Waals surface area (Å²) >= 11 is 0. The van der Waals surface area contributed by atoms with E-state index < -0.39 is 59.4 Å². The number of alkyl halides is 3. The number of fused-ring (bicyclic) bond motifs is 1. The molecule has 0 saturated carbocycles. The molecule has 3 rings (SSSR count). The second-order valence-corrected chi connectivity index (χ2v) is 11.9. The van der Waals surface area contributed by atoms with Gasteiger partial charge in [-0.05, 0) is 56.4 Å². The van der Waals surface area contributed by atoms with Crippen molar-refractivity contribution in [1.29, 1.82) is 0 Å². The first-order chi connectivity index (χ1) is 18.0. The fraction of sp³-hybridized carbons (Fsp3) is 0.690. The maximum absolute atomic E-state index is 13.2. The molecule has 7 nitrogen and oxygen atoms in total. The number of Topliss-reactive ketones (excluding diaryl/α,β-unsaturated/α-hetero) is 1. The average Bonchev–Trinajstić information content (AvgIpc) is 3.49. The Bertz CT molecular complexity index is 1070. The van der Waals surface area contributed by atoms with Gasteiger partial charge in [-0.15, -0.1) is 0 Å². The highest BCUT2D eigenvalue weighted by molar-refractivity contribution is 5.88. The number of pyridine rings is 1. The molecule has 39 heavy (non-hydrogen) atoms. The second kappa shape index (κ2) is 11.7. The van der Waals surface area contributed by atoms with Crippen molar-refractivity contribution in [3.8, 4) is 0 Å². The lowest BCUT2D eigenvalue weighted by Gasteiger charge is -2.34. The number of ketones is 1. The van der Waals surface area contributed by atoms with Gasteiger partial charge in [-0.2, -0.15) is 13.2 Å². The van der Waals surface area contributed by atoms with E-state index in [1.807, 2.05) is 13.8 Å². The zero-order chi connectivity index (χ0) is 29.3. The number of halogens is 3. The van der Waals surface area contributed by atoms with Gasteiger partial charge in [-0.1, -0.05) is 34.1 Å². The molecule has 0 amide bonds. The molecule has 1 unspecified atom stereocenters.